The first kappa shape index (κ1) is 21.4. The highest BCUT2D eigenvalue weighted by Gasteiger charge is 2.47. The monoisotopic (exact) mass is 488 g/mol. The number of fused-ring (bicyclic) bond motifs is 1. The molecule has 0 aliphatic heterocycles. The summed E-state index contributed by atoms with van der Waals surface area (Å²) >= 11 is 0.679. The molecule has 0 spiro atoms. The van der Waals surface area contributed by atoms with Gasteiger partial charge in [0, 0.05) is 24.2 Å². The lowest BCUT2D eigenvalue weighted by molar-refractivity contribution is 0.150. The highest BCUT2D eigenvalue weighted by molar-refractivity contribution is 7.89. The van der Waals surface area contributed by atoms with Crippen LogP contribution in [0.3, 0.4) is 0 Å². The van der Waals surface area contributed by atoms with Crippen LogP contribution in [0.1, 0.15) is 24.3 Å². The van der Waals surface area contributed by atoms with Gasteiger partial charge >= 0.3 is 0 Å². The molecule has 0 amide bonds. The first-order chi connectivity index (χ1) is 15.7. The number of nitrogens with one attached hydrogen (secondary N) is 1. The number of aromatic nitrogens is 6. The van der Waals surface area contributed by atoms with Gasteiger partial charge in [0.15, 0.2) is 10.0 Å². The van der Waals surface area contributed by atoms with Gasteiger partial charge in [0.2, 0.25) is 10.0 Å². The number of nitriles is 1. The van der Waals surface area contributed by atoms with Crippen molar-refractivity contribution in [3.8, 4) is 28.0 Å². The fraction of sp³-hybridized carbons (Fsp3) is 0.263. The maximum absolute atomic E-state index is 13.2. The van der Waals surface area contributed by atoms with Crippen molar-refractivity contribution in [1.29, 1.82) is 5.26 Å². The molecular weight excluding hydrogens is 474 g/mol. The summed E-state index contributed by atoms with van der Waals surface area (Å²) in [7, 11) is -2.45. The molecule has 1 N–H and O–H groups in total. The van der Waals surface area contributed by atoms with Crippen molar-refractivity contribution in [1.82, 2.24) is 34.7 Å². The van der Waals surface area contributed by atoms with Gasteiger partial charge in [0.1, 0.15) is 17.6 Å². The number of hydrogen-bond donors (Lipinski definition) is 1. The van der Waals surface area contributed by atoms with Crippen LogP contribution in [0, 0.1) is 11.3 Å². The molecule has 14 heteroatoms. The van der Waals surface area contributed by atoms with Gasteiger partial charge in [-0.25, -0.2) is 27.2 Å². The third-order valence-corrected chi connectivity index (χ3v) is 7.66. The fourth-order valence-electron chi connectivity index (χ4n) is 3.45. The third kappa shape index (κ3) is 3.73. The first-order valence-corrected chi connectivity index (χ1v) is 11.9. The second-order valence-electron chi connectivity index (χ2n) is 7.48. The van der Waals surface area contributed by atoms with E-state index in [1.165, 1.54) is 29.3 Å². The molecule has 1 aliphatic rings. The van der Waals surface area contributed by atoms with Crippen LogP contribution in [0.15, 0.2) is 35.6 Å². The zero-order valence-electron chi connectivity index (χ0n) is 16.9. The van der Waals surface area contributed by atoms with Crippen LogP contribution in [0.25, 0.3) is 32.9 Å². The summed E-state index contributed by atoms with van der Waals surface area (Å²) in [6, 6.07) is 6.45. The van der Waals surface area contributed by atoms with Gasteiger partial charge in [-0.15, -0.1) is 10.2 Å². The number of alkyl halides is 2. The summed E-state index contributed by atoms with van der Waals surface area (Å²) < 4.78 is 56.5. The topological polar surface area (TPSA) is 139 Å². The number of rotatable bonds is 6. The number of halogens is 2. The van der Waals surface area contributed by atoms with E-state index in [4.69, 9.17) is 0 Å². The van der Waals surface area contributed by atoms with Gasteiger partial charge in [-0.1, -0.05) is 11.3 Å². The molecule has 3 aromatic heterocycles. The molecule has 1 saturated carbocycles. The Morgan fingerprint density at radius 2 is 2.09 bits per heavy atom. The molecule has 0 atom stereocenters. The van der Waals surface area contributed by atoms with Crippen LogP contribution in [0.4, 0.5) is 8.78 Å². The van der Waals surface area contributed by atoms with Crippen molar-refractivity contribution in [2.45, 2.75) is 29.7 Å². The molecular formula is C19H14F2N8O2S2. The van der Waals surface area contributed by atoms with E-state index in [1.807, 2.05) is 6.07 Å². The van der Waals surface area contributed by atoms with E-state index in [2.05, 4.69) is 30.0 Å². The van der Waals surface area contributed by atoms with Gasteiger partial charge in [-0.05, 0) is 31.0 Å². The zero-order chi connectivity index (χ0) is 23.4. The molecule has 0 unspecified atom stereocenters. The van der Waals surface area contributed by atoms with Crippen LogP contribution in [-0.2, 0) is 17.1 Å². The van der Waals surface area contributed by atoms with E-state index in [0.29, 0.717) is 46.3 Å². The highest BCUT2D eigenvalue weighted by atomic mass is 32.2. The Bertz CT molecular complexity index is 1520. The Balaban J connectivity index is 1.76. The molecule has 168 valence electrons. The van der Waals surface area contributed by atoms with E-state index in [9.17, 15) is 22.5 Å². The quantitative estimate of drug-likeness (QED) is 0.437. The van der Waals surface area contributed by atoms with E-state index in [-0.39, 0.29) is 15.6 Å². The van der Waals surface area contributed by atoms with Crippen LogP contribution in [0.2, 0.25) is 0 Å². The van der Waals surface area contributed by atoms with Crippen LogP contribution in [0.5, 0.6) is 0 Å². The summed E-state index contributed by atoms with van der Waals surface area (Å²) in [6.07, 6.45) is 0.890. The van der Waals surface area contributed by atoms with Gasteiger partial charge in [0.25, 0.3) is 6.43 Å². The van der Waals surface area contributed by atoms with Gasteiger partial charge in [0.05, 0.1) is 22.2 Å². The van der Waals surface area contributed by atoms with Crippen LogP contribution < -0.4 is 4.72 Å². The summed E-state index contributed by atoms with van der Waals surface area (Å²) in [4.78, 5) is 8.02. The van der Waals surface area contributed by atoms with Crippen molar-refractivity contribution >= 4 is 32.3 Å². The maximum Gasteiger partial charge on any atom is 0.291 e. The Hall–Kier alpha value is -3.41. The van der Waals surface area contributed by atoms with Gasteiger partial charge in [-0.2, -0.15) is 15.1 Å². The van der Waals surface area contributed by atoms with Gasteiger partial charge < -0.3 is 0 Å². The molecule has 1 fully saturated rings. The summed E-state index contributed by atoms with van der Waals surface area (Å²) in [5.41, 5.74) is 0.500. The molecule has 33 heavy (non-hydrogen) atoms. The fourth-order valence-corrected chi connectivity index (χ4v) is 5.57. The lowest BCUT2D eigenvalue weighted by Gasteiger charge is -2.13. The van der Waals surface area contributed by atoms with Crippen LogP contribution in [-0.4, -0.2) is 43.9 Å². The number of sulfonamides is 1. The van der Waals surface area contributed by atoms with E-state index in [0.717, 1.165) is 0 Å². The minimum Gasteiger partial charge on any atom is -0.267 e. The smallest absolute Gasteiger partial charge is 0.267 e. The van der Waals surface area contributed by atoms with Crippen molar-refractivity contribution in [3.05, 3.63) is 35.7 Å². The molecule has 1 aliphatic carbocycles. The number of benzene rings is 1. The minimum absolute atomic E-state index is 0.113. The highest BCUT2D eigenvalue weighted by Crippen LogP contribution is 2.40. The van der Waals surface area contributed by atoms with E-state index >= 15 is 0 Å². The Labute approximate surface area is 190 Å². The van der Waals surface area contributed by atoms with E-state index < -0.39 is 27.0 Å². The standard InChI is InChI=1S/C19H14F2N8O2S2/c1-29-15-11(13-2-5-23-9-24-13)6-10(33(30,31)28-19(8-22)3-4-19)7-12(15)14(27-29)17-25-26-18(32-17)16(20)21/h2,5-7,9,16,28H,3-4H2,1H3. The first-order valence-electron chi connectivity index (χ1n) is 9.57. The van der Waals surface area contributed by atoms with Crippen LogP contribution >= 0.6 is 11.3 Å². The molecule has 1 aromatic carbocycles. The average molecular weight is 489 g/mol. The molecule has 4 aromatic rings. The number of nitrogens with zero attached hydrogens (tertiary/aromatic N) is 7. The Morgan fingerprint density at radius 3 is 2.70 bits per heavy atom. The van der Waals surface area contributed by atoms with Gasteiger partial charge in [-0.3, -0.25) is 4.68 Å². The van der Waals surface area contributed by atoms with E-state index in [1.54, 1.807) is 13.1 Å². The molecule has 0 bridgehead atoms. The Kier molecular flexibility index (Phi) is 4.92. The lowest BCUT2D eigenvalue weighted by atomic mass is 10.1. The average Bonchev–Trinajstić information content (AvgIpc) is 3.23. The van der Waals surface area contributed by atoms with Crippen molar-refractivity contribution in [2.75, 3.05) is 0 Å². The van der Waals surface area contributed by atoms with Crippen molar-refractivity contribution in [3.63, 3.8) is 0 Å². The number of hydrogen-bond acceptors (Lipinski definition) is 9. The molecule has 5 rings (SSSR count). The summed E-state index contributed by atoms with van der Waals surface area (Å²) in [6.45, 7) is 0. The normalized spacial score (nSPS) is 15.1. The third-order valence-electron chi connectivity index (χ3n) is 5.20. The second kappa shape index (κ2) is 7.58. The molecule has 0 saturated heterocycles. The SMILES string of the molecule is Cn1nc(-c2nnc(C(F)F)s2)c2cc(S(=O)(=O)NC3(C#N)CC3)cc(-c3ccncn3)c21. The zero-order valence-corrected chi connectivity index (χ0v) is 18.5. The molecule has 3 heterocycles. The Morgan fingerprint density at radius 1 is 1.30 bits per heavy atom. The molecule has 10 nitrogen and oxygen atoms in total. The predicted octanol–water partition coefficient (Wildman–Crippen LogP) is 2.82. The number of aryl methyl sites for hydroxylation is 1. The molecule has 0 radical (unpaired) electrons. The maximum atomic E-state index is 13.2. The summed E-state index contributed by atoms with van der Waals surface area (Å²) in [5.74, 6) is 0. The largest absolute Gasteiger partial charge is 0.291 e. The second-order valence-corrected chi connectivity index (χ2v) is 10.2. The predicted molar refractivity (Wildman–Crippen MR) is 113 cm³/mol. The lowest BCUT2D eigenvalue weighted by Crippen LogP contribution is -2.35. The minimum atomic E-state index is -4.09. The summed E-state index contributed by atoms with van der Waals surface area (Å²) in [5, 5.41) is 21.1. The van der Waals surface area contributed by atoms with Crippen molar-refractivity contribution in [2.24, 2.45) is 7.05 Å². The van der Waals surface area contributed by atoms with Crippen molar-refractivity contribution < 1.29 is 17.2 Å².